The Morgan fingerprint density at radius 2 is 2.10 bits per heavy atom. The molecule has 0 spiro atoms. The van der Waals surface area contributed by atoms with E-state index in [0.717, 1.165) is 23.5 Å². The molecule has 0 unspecified atom stereocenters. The minimum atomic E-state index is 0.0574. The molecular weight excluding hydrogens is 256 g/mol. The van der Waals surface area contributed by atoms with Crippen LogP contribution < -0.4 is 14.8 Å². The summed E-state index contributed by atoms with van der Waals surface area (Å²) in [6.45, 7) is 5.49. The summed E-state index contributed by atoms with van der Waals surface area (Å²) in [5, 5.41) is 2.93. The second-order valence-corrected chi connectivity index (χ2v) is 5.30. The maximum absolute atomic E-state index is 11.7. The fourth-order valence-electron chi connectivity index (χ4n) is 1.91. The van der Waals surface area contributed by atoms with Gasteiger partial charge in [-0.1, -0.05) is 6.07 Å². The van der Waals surface area contributed by atoms with Crippen LogP contribution in [0.3, 0.4) is 0 Å². The first kappa shape index (κ1) is 14.7. The normalized spacial score (nSPS) is 13.1. The Morgan fingerprint density at radius 3 is 2.85 bits per heavy atom. The van der Waals surface area contributed by atoms with Crippen molar-refractivity contribution in [2.45, 2.75) is 26.3 Å². The van der Waals surface area contributed by atoms with Crippen LogP contribution >= 0.6 is 0 Å². The van der Waals surface area contributed by atoms with Gasteiger partial charge < -0.3 is 14.8 Å². The summed E-state index contributed by atoms with van der Waals surface area (Å²) in [5.41, 5.74) is 1.13. The third-order valence-electron chi connectivity index (χ3n) is 3.45. The molecular formula is C15H22N2O3. The first-order valence-corrected chi connectivity index (χ1v) is 6.91. The van der Waals surface area contributed by atoms with Crippen LogP contribution in [0.1, 0.15) is 19.4 Å². The molecule has 20 heavy (non-hydrogen) atoms. The summed E-state index contributed by atoms with van der Waals surface area (Å²) in [6.07, 6.45) is 0.785. The zero-order valence-electron chi connectivity index (χ0n) is 12.3. The lowest BCUT2D eigenvalue weighted by molar-refractivity contribution is -0.122. The lowest BCUT2D eigenvalue weighted by Crippen LogP contribution is -2.39. The number of amides is 1. The molecule has 1 N–H and O–H groups in total. The molecule has 0 atom stereocenters. The SMILES string of the molecule is CC(C)N(C)CC(=O)NCCc1ccc2c(c1)OCO2. The molecule has 0 saturated carbocycles. The van der Waals surface area contributed by atoms with Crippen LogP contribution in [0.4, 0.5) is 0 Å². The third-order valence-corrected chi connectivity index (χ3v) is 3.45. The van der Waals surface area contributed by atoms with Gasteiger partial charge in [-0.25, -0.2) is 0 Å². The fourth-order valence-corrected chi connectivity index (χ4v) is 1.91. The average molecular weight is 278 g/mol. The summed E-state index contributed by atoms with van der Waals surface area (Å²) in [4.78, 5) is 13.7. The molecule has 1 amide bonds. The van der Waals surface area contributed by atoms with Crippen molar-refractivity contribution in [3.63, 3.8) is 0 Å². The van der Waals surface area contributed by atoms with Gasteiger partial charge in [-0.3, -0.25) is 9.69 Å². The first-order valence-electron chi connectivity index (χ1n) is 6.91. The van der Waals surface area contributed by atoms with Gasteiger partial charge in [0.25, 0.3) is 0 Å². The van der Waals surface area contributed by atoms with E-state index >= 15 is 0 Å². The number of likely N-dealkylation sites (N-methyl/N-ethyl adjacent to an activating group) is 1. The van der Waals surface area contributed by atoms with Crippen LogP contribution in [0.15, 0.2) is 18.2 Å². The van der Waals surface area contributed by atoms with Gasteiger partial charge in [0.1, 0.15) is 0 Å². The van der Waals surface area contributed by atoms with Crippen molar-refractivity contribution in [3.05, 3.63) is 23.8 Å². The van der Waals surface area contributed by atoms with Crippen LogP contribution in [0, 0.1) is 0 Å². The average Bonchev–Trinajstić information content (AvgIpc) is 2.85. The van der Waals surface area contributed by atoms with Gasteiger partial charge in [-0.05, 0) is 45.0 Å². The number of nitrogens with zero attached hydrogens (tertiary/aromatic N) is 1. The van der Waals surface area contributed by atoms with E-state index in [-0.39, 0.29) is 12.7 Å². The molecule has 5 nitrogen and oxygen atoms in total. The number of hydrogen-bond acceptors (Lipinski definition) is 4. The maximum Gasteiger partial charge on any atom is 0.234 e. The van der Waals surface area contributed by atoms with Crippen molar-refractivity contribution in [2.75, 3.05) is 26.9 Å². The number of nitrogens with one attached hydrogen (secondary N) is 1. The first-order chi connectivity index (χ1) is 9.56. The molecule has 1 aromatic carbocycles. The topological polar surface area (TPSA) is 50.8 Å². The Kier molecular flexibility index (Phi) is 4.84. The number of benzene rings is 1. The van der Waals surface area contributed by atoms with Gasteiger partial charge >= 0.3 is 0 Å². The predicted octanol–water partition coefficient (Wildman–Crippen LogP) is 1.41. The van der Waals surface area contributed by atoms with Crippen molar-refractivity contribution in [1.29, 1.82) is 0 Å². The van der Waals surface area contributed by atoms with E-state index in [0.29, 0.717) is 19.1 Å². The van der Waals surface area contributed by atoms with Gasteiger partial charge in [0.2, 0.25) is 12.7 Å². The molecule has 0 aromatic heterocycles. The van der Waals surface area contributed by atoms with Gasteiger partial charge in [0.15, 0.2) is 11.5 Å². The quantitative estimate of drug-likeness (QED) is 0.855. The number of fused-ring (bicyclic) bond motifs is 1. The summed E-state index contributed by atoms with van der Waals surface area (Å²) in [5.74, 6) is 1.63. The van der Waals surface area contributed by atoms with E-state index in [1.165, 1.54) is 0 Å². The molecule has 1 heterocycles. The largest absolute Gasteiger partial charge is 0.454 e. The molecule has 1 aliphatic heterocycles. The maximum atomic E-state index is 11.7. The predicted molar refractivity (Wildman–Crippen MR) is 77.0 cm³/mol. The van der Waals surface area contributed by atoms with Crippen LogP contribution in [-0.4, -0.2) is 43.8 Å². The second-order valence-electron chi connectivity index (χ2n) is 5.30. The number of rotatable bonds is 6. The van der Waals surface area contributed by atoms with E-state index in [2.05, 4.69) is 19.2 Å². The van der Waals surface area contributed by atoms with Gasteiger partial charge in [-0.2, -0.15) is 0 Å². The Labute approximate surface area is 119 Å². The van der Waals surface area contributed by atoms with E-state index in [1.54, 1.807) is 0 Å². The highest BCUT2D eigenvalue weighted by molar-refractivity contribution is 5.78. The molecule has 0 fully saturated rings. The minimum Gasteiger partial charge on any atom is -0.454 e. The van der Waals surface area contributed by atoms with Crippen molar-refractivity contribution in [3.8, 4) is 11.5 Å². The van der Waals surface area contributed by atoms with E-state index in [1.807, 2.05) is 30.1 Å². The highest BCUT2D eigenvalue weighted by atomic mass is 16.7. The van der Waals surface area contributed by atoms with Crippen LogP contribution in [0.25, 0.3) is 0 Å². The van der Waals surface area contributed by atoms with Crippen molar-refractivity contribution in [1.82, 2.24) is 10.2 Å². The number of hydrogen-bond donors (Lipinski definition) is 1. The fraction of sp³-hybridized carbons (Fsp3) is 0.533. The standard InChI is InChI=1S/C15H22N2O3/c1-11(2)17(3)9-15(18)16-7-6-12-4-5-13-14(8-12)20-10-19-13/h4-5,8,11H,6-7,9-10H2,1-3H3,(H,16,18). The van der Waals surface area contributed by atoms with Gasteiger partial charge in [0.05, 0.1) is 6.54 Å². The highest BCUT2D eigenvalue weighted by Crippen LogP contribution is 2.32. The van der Waals surface area contributed by atoms with Crippen molar-refractivity contribution >= 4 is 5.91 Å². The van der Waals surface area contributed by atoms with E-state index in [9.17, 15) is 4.79 Å². The molecule has 0 saturated heterocycles. The number of carbonyl (C=O) groups is 1. The molecule has 0 aliphatic carbocycles. The number of carbonyl (C=O) groups excluding carboxylic acids is 1. The molecule has 0 bridgehead atoms. The zero-order chi connectivity index (χ0) is 14.5. The van der Waals surface area contributed by atoms with Crippen molar-refractivity contribution in [2.24, 2.45) is 0 Å². The molecule has 110 valence electrons. The van der Waals surface area contributed by atoms with E-state index < -0.39 is 0 Å². The summed E-state index contributed by atoms with van der Waals surface area (Å²) < 4.78 is 10.6. The van der Waals surface area contributed by atoms with Crippen molar-refractivity contribution < 1.29 is 14.3 Å². The molecule has 1 aliphatic rings. The monoisotopic (exact) mass is 278 g/mol. The lowest BCUT2D eigenvalue weighted by Gasteiger charge is -2.20. The summed E-state index contributed by atoms with van der Waals surface area (Å²) >= 11 is 0. The van der Waals surface area contributed by atoms with Gasteiger partial charge in [0, 0.05) is 12.6 Å². The third kappa shape index (κ3) is 3.87. The van der Waals surface area contributed by atoms with Gasteiger partial charge in [-0.15, -0.1) is 0 Å². The lowest BCUT2D eigenvalue weighted by atomic mass is 10.1. The second kappa shape index (κ2) is 6.61. The van der Waals surface area contributed by atoms with Crippen LogP contribution in [0.5, 0.6) is 11.5 Å². The van der Waals surface area contributed by atoms with Crippen LogP contribution in [0.2, 0.25) is 0 Å². The summed E-state index contributed by atoms with van der Waals surface area (Å²) in [7, 11) is 1.95. The Balaban J connectivity index is 1.74. The zero-order valence-corrected chi connectivity index (χ0v) is 12.3. The van der Waals surface area contributed by atoms with E-state index in [4.69, 9.17) is 9.47 Å². The Morgan fingerprint density at radius 1 is 1.35 bits per heavy atom. The summed E-state index contributed by atoms with van der Waals surface area (Å²) in [6, 6.07) is 6.25. The molecule has 5 heteroatoms. The van der Waals surface area contributed by atoms with Crippen LogP contribution in [-0.2, 0) is 11.2 Å². The number of ether oxygens (including phenoxy) is 2. The molecule has 0 radical (unpaired) electrons. The Bertz CT molecular complexity index is 474. The minimum absolute atomic E-state index is 0.0574. The Hall–Kier alpha value is -1.75. The highest BCUT2D eigenvalue weighted by Gasteiger charge is 2.13. The molecule has 1 aromatic rings. The molecule has 2 rings (SSSR count). The smallest absolute Gasteiger partial charge is 0.234 e.